The zero-order valence-electron chi connectivity index (χ0n) is 12.2. The molecule has 3 rings (SSSR count). The summed E-state index contributed by atoms with van der Waals surface area (Å²) in [7, 11) is 0. The number of rotatable bonds is 3. The van der Waals surface area contributed by atoms with Crippen molar-refractivity contribution < 1.29 is 0 Å². The van der Waals surface area contributed by atoms with Gasteiger partial charge in [-0.1, -0.05) is 68.3 Å². The van der Waals surface area contributed by atoms with Gasteiger partial charge in [-0.2, -0.15) is 0 Å². The molecule has 1 saturated carbocycles. The molecule has 0 spiro atoms. The van der Waals surface area contributed by atoms with Crippen molar-refractivity contribution in [3.05, 3.63) is 54.6 Å². The molecule has 104 valence electrons. The summed E-state index contributed by atoms with van der Waals surface area (Å²) in [5.41, 5.74) is 3.88. The standard InChI is InChI=1S/C19H23N/c1-15-9-5-7-13-18(15)20-19-14-8-6-12-17(19)16-10-3-2-4-11-16/h2-4,6,8,10-12,14-15,18,20H,5,7,9,13H2,1H3. The van der Waals surface area contributed by atoms with Gasteiger partial charge >= 0.3 is 0 Å². The molecule has 1 fully saturated rings. The first-order valence-electron chi connectivity index (χ1n) is 7.75. The molecule has 0 amide bonds. The maximum atomic E-state index is 3.80. The van der Waals surface area contributed by atoms with E-state index in [4.69, 9.17) is 0 Å². The fourth-order valence-electron chi connectivity index (χ4n) is 3.21. The van der Waals surface area contributed by atoms with Crippen LogP contribution in [0.4, 0.5) is 5.69 Å². The van der Waals surface area contributed by atoms with E-state index in [1.807, 2.05) is 0 Å². The van der Waals surface area contributed by atoms with Crippen LogP contribution in [0.3, 0.4) is 0 Å². The lowest BCUT2D eigenvalue weighted by Crippen LogP contribution is -2.30. The average Bonchev–Trinajstić information content (AvgIpc) is 2.51. The Hall–Kier alpha value is -1.76. The minimum absolute atomic E-state index is 0.619. The zero-order valence-corrected chi connectivity index (χ0v) is 12.2. The predicted octanol–water partition coefficient (Wildman–Crippen LogP) is 5.34. The smallest absolute Gasteiger partial charge is 0.0422 e. The summed E-state index contributed by atoms with van der Waals surface area (Å²) in [5, 5.41) is 3.80. The molecule has 0 bridgehead atoms. The first kappa shape index (κ1) is 13.2. The fourth-order valence-corrected chi connectivity index (χ4v) is 3.21. The van der Waals surface area contributed by atoms with Crippen LogP contribution in [0.15, 0.2) is 54.6 Å². The van der Waals surface area contributed by atoms with Crippen LogP contribution in [0, 0.1) is 5.92 Å². The largest absolute Gasteiger partial charge is 0.382 e. The molecule has 2 unspecified atom stereocenters. The van der Waals surface area contributed by atoms with E-state index in [1.54, 1.807) is 0 Å². The van der Waals surface area contributed by atoms with Crippen LogP contribution in [-0.2, 0) is 0 Å². The van der Waals surface area contributed by atoms with E-state index in [0.717, 1.165) is 5.92 Å². The number of anilines is 1. The molecule has 2 aromatic rings. The molecule has 0 heterocycles. The van der Waals surface area contributed by atoms with Gasteiger partial charge in [0.25, 0.3) is 0 Å². The Balaban J connectivity index is 1.86. The lowest BCUT2D eigenvalue weighted by molar-refractivity contribution is 0.349. The zero-order chi connectivity index (χ0) is 13.8. The van der Waals surface area contributed by atoms with E-state index in [1.165, 1.54) is 42.5 Å². The van der Waals surface area contributed by atoms with Crippen molar-refractivity contribution in [2.24, 2.45) is 5.92 Å². The highest BCUT2D eigenvalue weighted by atomic mass is 14.9. The summed E-state index contributed by atoms with van der Waals surface area (Å²) in [5.74, 6) is 0.771. The summed E-state index contributed by atoms with van der Waals surface area (Å²) in [6, 6.07) is 20.0. The number of benzene rings is 2. The van der Waals surface area contributed by atoms with Gasteiger partial charge in [0.05, 0.1) is 0 Å². The first-order valence-corrected chi connectivity index (χ1v) is 7.75. The monoisotopic (exact) mass is 265 g/mol. The van der Waals surface area contributed by atoms with E-state index in [0.29, 0.717) is 6.04 Å². The minimum Gasteiger partial charge on any atom is -0.382 e. The SMILES string of the molecule is CC1CCCCC1Nc1ccccc1-c1ccccc1. The van der Waals surface area contributed by atoms with E-state index < -0.39 is 0 Å². The molecule has 2 atom stereocenters. The van der Waals surface area contributed by atoms with Gasteiger partial charge in [0, 0.05) is 17.3 Å². The summed E-state index contributed by atoms with van der Waals surface area (Å²) in [4.78, 5) is 0. The summed E-state index contributed by atoms with van der Waals surface area (Å²) >= 11 is 0. The van der Waals surface area contributed by atoms with Gasteiger partial charge < -0.3 is 5.32 Å². The molecule has 0 radical (unpaired) electrons. The second kappa shape index (κ2) is 6.13. The number of hydrogen-bond donors (Lipinski definition) is 1. The molecule has 0 aliphatic heterocycles. The molecule has 0 saturated heterocycles. The molecule has 1 nitrogen and oxygen atoms in total. The Morgan fingerprint density at radius 2 is 1.55 bits per heavy atom. The van der Waals surface area contributed by atoms with Gasteiger partial charge in [0.2, 0.25) is 0 Å². The molecular weight excluding hydrogens is 242 g/mol. The van der Waals surface area contributed by atoms with E-state index in [9.17, 15) is 0 Å². The van der Waals surface area contributed by atoms with Crippen molar-refractivity contribution in [2.75, 3.05) is 5.32 Å². The Labute approximate surface area is 122 Å². The maximum Gasteiger partial charge on any atom is 0.0422 e. The summed E-state index contributed by atoms with van der Waals surface area (Å²) in [6.45, 7) is 2.38. The molecule has 1 aliphatic rings. The highest BCUT2D eigenvalue weighted by Gasteiger charge is 2.21. The first-order chi connectivity index (χ1) is 9.84. The van der Waals surface area contributed by atoms with E-state index >= 15 is 0 Å². The van der Waals surface area contributed by atoms with Crippen LogP contribution in [0.2, 0.25) is 0 Å². The van der Waals surface area contributed by atoms with Crippen LogP contribution in [0.1, 0.15) is 32.6 Å². The van der Waals surface area contributed by atoms with Gasteiger partial charge in [-0.05, 0) is 30.4 Å². The number of para-hydroxylation sites is 1. The highest BCUT2D eigenvalue weighted by Crippen LogP contribution is 2.32. The third-order valence-corrected chi connectivity index (χ3v) is 4.46. The summed E-state index contributed by atoms with van der Waals surface area (Å²) in [6.07, 6.45) is 5.39. The quantitative estimate of drug-likeness (QED) is 0.789. The number of hydrogen-bond acceptors (Lipinski definition) is 1. The predicted molar refractivity (Wildman–Crippen MR) is 86.9 cm³/mol. The second-order valence-corrected chi connectivity index (χ2v) is 5.92. The van der Waals surface area contributed by atoms with E-state index in [-0.39, 0.29) is 0 Å². The molecule has 1 aliphatic carbocycles. The van der Waals surface area contributed by atoms with Gasteiger partial charge in [-0.15, -0.1) is 0 Å². The van der Waals surface area contributed by atoms with Gasteiger partial charge in [0.1, 0.15) is 0 Å². The second-order valence-electron chi connectivity index (χ2n) is 5.92. The van der Waals surface area contributed by atoms with Crippen LogP contribution >= 0.6 is 0 Å². The van der Waals surface area contributed by atoms with Crippen molar-refractivity contribution in [2.45, 2.75) is 38.6 Å². The van der Waals surface area contributed by atoms with Gasteiger partial charge in [-0.3, -0.25) is 0 Å². The van der Waals surface area contributed by atoms with Gasteiger partial charge in [0.15, 0.2) is 0 Å². The fraction of sp³-hybridized carbons (Fsp3) is 0.368. The molecule has 0 aromatic heterocycles. The topological polar surface area (TPSA) is 12.0 Å². The summed E-state index contributed by atoms with van der Waals surface area (Å²) < 4.78 is 0. The van der Waals surface area contributed by atoms with Crippen LogP contribution in [0.5, 0.6) is 0 Å². The average molecular weight is 265 g/mol. The molecule has 1 heteroatoms. The Morgan fingerprint density at radius 3 is 2.35 bits per heavy atom. The molecule has 20 heavy (non-hydrogen) atoms. The maximum absolute atomic E-state index is 3.80. The Bertz CT molecular complexity index is 547. The van der Waals surface area contributed by atoms with Crippen molar-refractivity contribution in [3.63, 3.8) is 0 Å². The highest BCUT2D eigenvalue weighted by molar-refractivity contribution is 5.77. The van der Waals surface area contributed by atoms with Crippen LogP contribution in [-0.4, -0.2) is 6.04 Å². The van der Waals surface area contributed by atoms with Crippen molar-refractivity contribution in [3.8, 4) is 11.1 Å². The van der Waals surface area contributed by atoms with Crippen molar-refractivity contribution in [1.82, 2.24) is 0 Å². The van der Waals surface area contributed by atoms with E-state index in [2.05, 4.69) is 66.8 Å². The van der Waals surface area contributed by atoms with Crippen molar-refractivity contribution in [1.29, 1.82) is 0 Å². The number of nitrogens with one attached hydrogen (secondary N) is 1. The Kier molecular flexibility index (Phi) is 4.05. The third-order valence-electron chi connectivity index (χ3n) is 4.46. The lowest BCUT2D eigenvalue weighted by atomic mass is 9.85. The normalized spacial score (nSPS) is 22.4. The van der Waals surface area contributed by atoms with Crippen molar-refractivity contribution >= 4 is 5.69 Å². The molecule has 1 N–H and O–H groups in total. The van der Waals surface area contributed by atoms with Crippen LogP contribution < -0.4 is 5.32 Å². The molecular formula is C19H23N. The molecule has 2 aromatic carbocycles. The third kappa shape index (κ3) is 2.87. The lowest BCUT2D eigenvalue weighted by Gasteiger charge is -2.31. The minimum atomic E-state index is 0.619. The van der Waals surface area contributed by atoms with Gasteiger partial charge in [-0.25, -0.2) is 0 Å². The Morgan fingerprint density at radius 1 is 0.850 bits per heavy atom. The van der Waals surface area contributed by atoms with Crippen LogP contribution in [0.25, 0.3) is 11.1 Å².